The van der Waals surface area contributed by atoms with Gasteiger partial charge in [-0.15, -0.1) is 0 Å². The van der Waals surface area contributed by atoms with Gasteiger partial charge >= 0.3 is 0 Å². The van der Waals surface area contributed by atoms with Crippen LogP contribution in [0, 0.1) is 0 Å². The maximum absolute atomic E-state index is 11.3. The SMILES string of the molecule is NC(=O)c1nccc2[nH]c(-c3ncccc3Cl)nc12. The van der Waals surface area contributed by atoms with Crippen molar-refractivity contribution in [2.24, 2.45) is 5.73 Å². The highest BCUT2D eigenvalue weighted by atomic mass is 35.5. The lowest BCUT2D eigenvalue weighted by Gasteiger charge is -1.97. The van der Waals surface area contributed by atoms with Crippen molar-refractivity contribution in [2.75, 3.05) is 0 Å². The number of aromatic nitrogens is 4. The second-order valence-electron chi connectivity index (χ2n) is 3.84. The van der Waals surface area contributed by atoms with E-state index in [1.54, 1.807) is 24.4 Å². The standard InChI is InChI=1S/C12H8ClN5O/c13-6-2-1-4-15-8(6)12-17-7-3-5-16-10(11(14)19)9(7)18-12/h1-5H,(H2,14,19)(H,17,18). The number of pyridine rings is 2. The van der Waals surface area contributed by atoms with Crippen LogP contribution in [-0.2, 0) is 0 Å². The van der Waals surface area contributed by atoms with E-state index in [0.29, 0.717) is 27.6 Å². The van der Waals surface area contributed by atoms with E-state index in [4.69, 9.17) is 17.3 Å². The van der Waals surface area contributed by atoms with Crippen LogP contribution in [0.5, 0.6) is 0 Å². The van der Waals surface area contributed by atoms with Crippen LogP contribution in [0.25, 0.3) is 22.6 Å². The number of hydrogen-bond acceptors (Lipinski definition) is 4. The van der Waals surface area contributed by atoms with Gasteiger partial charge in [-0.1, -0.05) is 11.6 Å². The third kappa shape index (κ3) is 1.92. The molecule has 3 aromatic heterocycles. The summed E-state index contributed by atoms with van der Waals surface area (Å²) in [7, 11) is 0. The van der Waals surface area contributed by atoms with Crippen LogP contribution in [0.3, 0.4) is 0 Å². The number of amides is 1. The number of aromatic amines is 1. The summed E-state index contributed by atoms with van der Waals surface area (Å²) < 4.78 is 0. The monoisotopic (exact) mass is 273 g/mol. The molecule has 0 bridgehead atoms. The zero-order valence-corrected chi connectivity index (χ0v) is 10.3. The number of hydrogen-bond donors (Lipinski definition) is 2. The second kappa shape index (κ2) is 4.33. The van der Waals surface area contributed by atoms with Gasteiger partial charge in [-0.3, -0.25) is 9.78 Å². The minimum atomic E-state index is -0.629. The number of primary amides is 1. The maximum atomic E-state index is 11.3. The topological polar surface area (TPSA) is 97.6 Å². The lowest BCUT2D eigenvalue weighted by molar-refractivity contribution is 0.0997. The first-order chi connectivity index (χ1) is 9.16. The Morgan fingerprint density at radius 3 is 2.84 bits per heavy atom. The van der Waals surface area contributed by atoms with E-state index in [1.165, 1.54) is 6.20 Å². The molecule has 1 amide bonds. The Morgan fingerprint density at radius 1 is 1.26 bits per heavy atom. The van der Waals surface area contributed by atoms with E-state index < -0.39 is 5.91 Å². The van der Waals surface area contributed by atoms with Gasteiger partial charge in [0.1, 0.15) is 11.2 Å². The first kappa shape index (κ1) is 11.6. The largest absolute Gasteiger partial charge is 0.364 e. The normalized spacial score (nSPS) is 10.8. The molecule has 0 unspecified atom stereocenters. The number of halogens is 1. The molecule has 7 heteroatoms. The van der Waals surface area contributed by atoms with Gasteiger partial charge in [0, 0.05) is 12.4 Å². The smallest absolute Gasteiger partial charge is 0.269 e. The van der Waals surface area contributed by atoms with E-state index in [2.05, 4.69) is 19.9 Å². The number of nitrogens with two attached hydrogens (primary N) is 1. The van der Waals surface area contributed by atoms with Gasteiger partial charge in [0.2, 0.25) is 0 Å². The van der Waals surface area contributed by atoms with E-state index in [9.17, 15) is 4.79 Å². The average Bonchev–Trinajstić information content (AvgIpc) is 2.82. The summed E-state index contributed by atoms with van der Waals surface area (Å²) in [5, 5.41) is 0.468. The molecule has 0 aliphatic carbocycles. The number of fused-ring (bicyclic) bond motifs is 1. The van der Waals surface area contributed by atoms with Crippen LogP contribution in [0.2, 0.25) is 5.02 Å². The molecule has 0 saturated carbocycles. The fraction of sp³-hybridized carbons (Fsp3) is 0. The Morgan fingerprint density at radius 2 is 2.11 bits per heavy atom. The zero-order valence-electron chi connectivity index (χ0n) is 9.59. The molecule has 6 nitrogen and oxygen atoms in total. The van der Waals surface area contributed by atoms with Gasteiger partial charge in [-0.2, -0.15) is 0 Å². The molecule has 0 aromatic carbocycles. The molecule has 0 spiro atoms. The van der Waals surface area contributed by atoms with E-state index >= 15 is 0 Å². The number of imidazole rings is 1. The summed E-state index contributed by atoms with van der Waals surface area (Å²) in [4.78, 5) is 26.7. The Labute approximate surface area is 112 Å². The highest BCUT2D eigenvalue weighted by molar-refractivity contribution is 6.32. The van der Waals surface area contributed by atoms with E-state index in [-0.39, 0.29) is 5.69 Å². The van der Waals surface area contributed by atoms with Crippen molar-refractivity contribution in [3.8, 4) is 11.5 Å². The van der Waals surface area contributed by atoms with Crippen molar-refractivity contribution in [1.29, 1.82) is 0 Å². The van der Waals surface area contributed by atoms with Gasteiger partial charge in [0.05, 0.1) is 10.5 Å². The first-order valence-corrected chi connectivity index (χ1v) is 5.80. The van der Waals surface area contributed by atoms with Crippen molar-refractivity contribution < 1.29 is 4.79 Å². The highest BCUT2D eigenvalue weighted by Gasteiger charge is 2.15. The molecule has 3 rings (SSSR count). The molecule has 3 aromatic rings. The molecule has 0 fully saturated rings. The highest BCUT2D eigenvalue weighted by Crippen LogP contribution is 2.25. The number of carbonyl (C=O) groups excluding carboxylic acids is 1. The van der Waals surface area contributed by atoms with Crippen LogP contribution >= 0.6 is 11.6 Å². The van der Waals surface area contributed by atoms with Gasteiger partial charge < -0.3 is 10.7 Å². The molecule has 3 heterocycles. The van der Waals surface area contributed by atoms with Crippen molar-refractivity contribution in [3.63, 3.8) is 0 Å². The fourth-order valence-electron chi connectivity index (χ4n) is 1.79. The number of H-pyrrole nitrogens is 1. The minimum Gasteiger partial charge on any atom is -0.364 e. The summed E-state index contributed by atoms with van der Waals surface area (Å²) in [6.45, 7) is 0. The number of carbonyl (C=O) groups is 1. The Kier molecular flexibility index (Phi) is 2.64. The number of nitrogens with one attached hydrogen (secondary N) is 1. The van der Waals surface area contributed by atoms with Crippen molar-refractivity contribution in [1.82, 2.24) is 19.9 Å². The van der Waals surface area contributed by atoms with Crippen molar-refractivity contribution >= 4 is 28.5 Å². The van der Waals surface area contributed by atoms with Crippen LogP contribution < -0.4 is 5.73 Å². The maximum Gasteiger partial charge on any atom is 0.269 e. The first-order valence-electron chi connectivity index (χ1n) is 5.42. The van der Waals surface area contributed by atoms with Crippen LogP contribution in [-0.4, -0.2) is 25.8 Å². The summed E-state index contributed by atoms with van der Waals surface area (Å²) in [6, 6.07) is 5.14. The summed E-state index contributed by atoms with van der Waals surface area (Å²) in [5.41, 5.74) is 6.95. The van der Waals surface area contributed by atoms with Gasteiger partial charge in [0.15, 0.2) is 11.5 Å². The summed E-state index contributed by atoms with van der Waals surface area (Å²) in [5.74, 6) is -0.160. The summed E-state index contributed by atoms with van der Waals surface area (Å²) in [6.07, 6.45) is 3.10. The second-order valence-corrected chi connectivity index (χ2v) is 4.25. The van der Waals surface area contributed by atoms with Gasteiger partial charge in [-0.25, -0.2) is 9.97 Å². The predicted octanol–water partition coefficient (Wildman–Crippen LogP) is 1.77. The summed E-state index contributed by atoms with van der Waals surface area (Å²) >= 11 is 6.06. The van der Waals surface area contributed by atoms with Crippen molar-refractivity contribution in [3.05, 3.63) is 41.3 Å². The molecule has 0 aliphatic rings. The van der Waals surface area contributed by atoms with Gasteiger partial charge in [-0.05, 0) is 18.2 Å². The molecule has 94 valence electrons. The molecule has 3 N–H and O–H groups in total. The quantitative estimate of drug-likeness (QED) is 0.743. The molecular weight excluding hydrogens is 266 g/mol. The molecule has 0 saturated heterocycles. The Bertz CT molecular complexity index is 783. The lowest BCUT2D eigenvalue weighted by atomic mass is 10.3. The third-order valence-electron chi connectivity index (χ3n) is 2.62. The molecule has 19 heavy (non-hydrogen) atoms. The predicted molar refractivity (Wildman–Crippen MR) is 70.6 cm³/mol. The fourth-order valence-corrected chi connectivity index (χ4v) is 2.00. The van der Waals surface area contributed by atoms with Gasteiger partial charge in [0.25, 0.3) is 5.91 Å². The van der Waals surface area contributed by atoms with E-state index in [0.717, 1.165) is 0 Å². The average molecular weight is 274 g/mol. The molecule has 0 radical (unpaired) electrons. The third-order valence-corrected chi connectivity index (χ3v) is 2.92. The Balaban J connectivity index is 2.26. The zero-order chi connectivity index (χ0) is 13.4. The van der Waals surface area contributed by atoms with Crippen LogP contribution in [0.4, 0.5) is 0 Å². The van der Waals surface area contributed by atoms with E-state index in [1.807, 2.05) is 0 Å². The number of nitrogens with zero attached hydrogens (tertiary/aromatic N) is 3. The minimum absolute atomic E-state index is 0.118. The number of rotatable bonds is 2. The van der Waals surface area contributed by atoms with Crippen LogP contribution in [0.15, 0.2) is 30.6 Å². The molecular formula is C12H8ClN5O. The Hall–Kier alpha value is -2.47. The molecule has 0 aliphatic heterocycles. The van der Waals surface area contributed by atoms with Crippen LogP contribution in [0.1, 0.15) is 10.5 Å². The van der Waals surface area contributed by atoms with Crippen molar-refractivity contribution in [2.45, 2.75) is 0 Å². The lowest BCUT2D eigenvalue weighted by Crippen LogP contribution is -2.13. The molecule has 0 atom stereocenters.